The lowest BCUT2D eigenvalue weighted by Crippen LogP contribution is -2.36. The highest BCUT2D eigenvalue weighted by Crippen LogP contribution is 2.25. The van der Waals surface area contributed by atoms with Gasteiger partial charge < -0.3 is 15.4 Å². The molecule has 4 nitrogen and oxygen atoms in total. The van der Waals surface area contributed by atoms with Crippen molar-refractivity contribution >= 4 is 5.96 Å². The Kier molecular flexibility index (Phi) is 4.76. The van der Waals surface area contributed by atoms with E-state index in [1.807, 2.05) is 19.2 Å². The molecule has 1 aromatic carbocycles. The zero-order valence-corrected chi connectivity index (χ0v) is 13.6. The van der Waals surface area contributed by atoms with Crippen LogP contribution >= 0.6 is 0 Å². The number of benzene rings is 1. The maximum absolute atomic E-state index is 5.93. The molecule has 21 heavy (non-hydrogen) atoms. The summed E-state index contributed by atoms with van der Waals surface area (Å²) in [6, 6.07) is 8.87. The van der Waals surface area contributed by atoms with Gasteiger partial charge in [-0.25, -0.2) is 4.99 Å². The van der Waals surface area contributed by atoms with Crippen molar-refractivity contribution in [3.8, 4) is 5.75 Å². The first-order chi connectivity index (χ1) is 9.88. The maximum Gasteiger partial charge on any atom is 0.191 e. The molecule has 0 saturated heterocycles. The van der Waals surface area contributed by atoms with Crippen LogP contribution in [0.1, 0.15) is 39.2 Å². The van der Waals surface area contributed by atoms with E-state index < -0.39 is 0 Å². The summed E-state index contributed by atoms with van der Waals surface area (Å²) in [6.45, 7) is 7.75. The zero-order valence-electron chi connectivity index (χ0n) is 13.6. The Labute approximate surface area is 128 Å². The minimum absolute atomic E-state index is 0.171. The summed E-state index contributed by atoms with van der Waals surface area (Å²) in [5.74, 6) is 1.50. The third kappa shape index (κ3) is 4.66. The average Bonchev–Trinajstić information content (AvgIpc) is 3.26. The Morgan fingerprint density at radius 3 is 2.43 bits per heavy atom. The van der Waals surface area contributed by atoms with Crippen LogP contribution in [0.5, 0.6) is 5.75 Å². The number of ether oxygens (including phenoxy) is 1. The van der Waals surface area contributed by atoms with Crippen molar-refractivity contribution in [1.82, 2.24) is 4.90 Å². The van der Waals surface area contributed by atoms with E-state index in [0.29, 0.717) is 25.2 Å². The van der Waals surface area contributed by atoms with E-state index in [0.717, 1.165) is 5.75 Å². The monoisotopic (exact) mass is 289 g/mol. The highest BCUT2D eigenvalue weighted by atomic mass is 16.5. The van der Waals surface area contributed by atoms with Gasteiger partial charge in [0.25, 0.3) is 0 Å². The van der Waals surface area contributed by atoms with Gasteiger partial charge in [-0.2, -0.15) is 0 Å². The summed E-state index contributed by atoms with van der Waals surface area (Å²) >= 11 is 0. The predicted octanol–water partition coefficient (Wildman–Crippen LogP) is 2.77. The highest BCUT2D eigenvalue weighted by Gasteiger charge is 2.27. The van der Waals surface area contributed by atoms with Crippen molar-refractivity contribution in [3.05, 3.63) is 29.8 Å². The fourth-order valence-electron chi connectivity index (χ4n) is 2.14. The predicted molar refractivity (Wildman–Crippen MR) is 87.9 cm³/mol. The van der Waals surface area contributed by atoms with E-state index >= 15 is 0 Å². The maximum atomic E-state index is 5.93. The lowest BCUT2D eigenvalue weighted by molar-refractivity contribution is 0.327. The average molecular weight is 289 g/mol. The molecule has 0 bridgehead atoms. The van der Waals surface area contributed by atoms with Crippen LogP contribution in [-0.4, -0.2) is 37.1 Å². The molecule has 0 radical (unpaired) electrons. The van der Waals surface area contributed by atoms with E-state index in [4.69, 9.17) is 10.5 Å². The Morgan fingerprint density at radius 2 is 1.90 bits per heavy atom. The van der Waals surface area contributed by atoms with Crippen LogP contribution in [0.3, 0.4) is 0 Å². The fourth-order valence-corrected chi connectivity index (χ4v) is 2.14. The second kappa shape index (κ2) is 6.37. The van der Waals surface area contributed by atoms with Crippen molar-refractivity contribution in [2.45, 2.75) is 45.1 Å². The van der Waals surface area contributed by atoms with Crippen molar-refractivity contribution in [1.29, 1.82) is 0 Å². The number of aliphatic imine (C=N–C) groups is 1. The highest BCUT2D eigenvalue weighted by molar-refractivity contribution is 5.78. The van der Waals surface area contributed by atoms with Gasteiger partial charge in [-0.1, -0.05) is 32.9 Å². The van der Waals surface area contributed by atoms with Crippen LogP contribution in [0.4, 0.5) is 0 Å². The van der Waals surface area contributed by atoms with Crippen molar-refractivity contribution in [2.24, 2.45) is 10.7 Å². The van der Waals surface area contributed by atoms with E-state index in [2.05, 4.69) is 42.8 Å². The molecule has 0 atom stereocenters. The molecule has 116 valence electrons. The summed E-state index contributed by atoms with van der Waals surface area (Å²) in [7, 11) is 2.00. The van der Waals surface area contributed by atoms with Crippen LogP contribution in [0.25, 0.3) is 0 Å². The second-order valence-electron chi connectivity index (χ2n) is 6.70. The standard InChI is InChI=1S/C17H27N3O/c1-17(2,3)13-5-9-15(10-6-13)21-12-11-19-16(18)20(4)14-7-8-14/h5-6,9-10,14H,7-8,11-12H2,1-4H3,(H2,18,19). The fraction of sp³-hybridized carbons (Fsp3) is 0.588. The molecule has 0 spiro atoms. The number of nitrogens with two attached hydrogens (primary N) is 1. The SMILES string of the molecule is CN(C(N)=NCCOc1ccc(C(C)(C)C)cc1)C1CC1. The molecule has 0 amide bonds. The number of hydrogen-bond acceptors (Lipinski definition) is 2. The van der Waals surface area contributed by atoms with Crippen LogP contribution in [0, 0.1) is 0 Å². The number of rotatable bonds is 5. The minimum Gasteiger partial charge on any atom is -0.492 e. The Balaban J connectivity index is 1.77. The third-order valence-corrected chi connectivity index (χ3v) is 3.81. The Hall–Kier alpha value is -1.71. The first-order valence-electron chi connectivity index (χ1n) is 7.64. The van der Waals surface area contributed by atoms with Crippen molar-refractivity contribution in [3.63, 3.8) is 0 Å². The van der Waals surface area contributed by atoms with E-state index in [1.165, 1.54) is 18.4 Å². The third-order valence-electron chi connectivity index (χ3n) is 3.81. The van der Waals surface area contributed by atoms with E-state index in [1.54, 1.807) is 0 Å². The largest absolute Gasteiger partial charge is 0.492 e. The first kappa shape index (κ1) is 15.7. The van der Waals surface area contributed by atoms with Gasteiger partial charge >= 0.3 is 0 Å². The van der Waals surface area contributed by atoms with Gasteiger partial charge in [0.2, 0.25) is 0 Å². The second-order valence-corrected chi connectivity index (χ2v) is 6.70. The van der Waals surface area contributed by atoms with E-state index in [-0.39, 0.29) is 5.41 Å². The molecular weight excluding hydrogens is 262 g/mol. The summed E-state index contributed by atoms with van der Waals surface area (Å²) < 4.78 is 5.70. The molecular formula is C17H27N3O. The molecule has 1 saturated carbocycles. The molecule has 0 aromatic heterocycles. The van der Waals surface area contributed by atoms with Crippen LogP contribution in [0.2, 0.25) is 0 Å². The molecule has 1 aliphatic rings. The molecule has 1 fully saturated rings. The smallest absolute Gasteiger partial charge is 0.191 e. The van der Waals surface area contributed by atoms with E-state index in [9.17, 15) is 0 Å². The number of hydrogen-bond donors (Lipinski definition) is 1. The van der Waals surface area contributed by atoms with Gasteiger partial charge in [0, 0.05) is 13.1 Å². The molecule has 1 aliphatic carbocycles. The molecule has 0 heterocycles. The van der Waals surface area contributed by atoms with Crippen LogP contribution in [0.15, 0.2) is 29.3 Å². The van der Waals surface area contributed by atoms with Gasteiger partial charge in [-0.05, 0) is 36.0 Å². The van der Waals surface area contributed by atoms with Gasteiger partial charge in [0.05, 0.1) is 6.54 Å². The minimum atomic E-state index is 0.171. The topological polar surface area (TPSA) is 50.8 Å². The lowest BCUT2D eigenvalue weighted by atomic mass is 9.87. The quantitative estimate of drug-likeness (QED) is 0.515. The lowest BCUT2D eigenvalue weighted by Gasteiger charge is -2.19. The number of guanidine groups is 1. The molecule has 4 heteroatoms. The van der Waals surface area contributed by atoms with Gasteiger partial charge in [-0.3, -0.25) is 0 Å². The van der Waals surface area contributed by atoms with Gasteiger partial charge in [-0.15, -0.1) is 0 Å². The summed E-state index contributed by atoms with van der Waals surface area (Å²) in [5.41, 5.74) is 7.41. The first-order valence-corrected chi connectivity index (χ1v) is 7.64. The summed E-state index contributed by atoms with van der Waals surface area (Å²) in [4.78, 5) is 6.41. The Morgan fingerprint density at radius 1 is 1.29 bits per heavy atom. The van der Waals surface area contributed by atoms with Gasteiger partial charge in [0.15, 0.2) is 5.96 Å². The molecule has 0 unspecified atom stereocenters. The van der Waals surface area contributed by atoms with Crippen molar-refractivity contribution in [2.75, 3.05) is 20.2 Å². The van der Waals surface area contributed by atoms with Crippen LogP contribution in [-0.2, 0) is 5.41 Å². The normalized spacial score (nSPS) is 15.9. The summed E-state index contributed by atoms with van der Waals surface area (Å²) in [5, 5.41) is 0. The van der Waals surface area contributed by atoms with Gasteiger partial charge in [0.1, 0.15) is 12.4 Å². The molecule has 1 aromatic rings. The molecule has 2 rings (SSSR count). The molecule has 2 N–H and O–H groups in total. The van der Waals surface area contributed by atoms with Crippen molar-refractivity contribution < 1.29 is 4.74 Å². The Bertz CT molecular complexity index is 484. The molecule has 0 aliphatic heterocycles. The van der Waals surface area contributed by atoms with Crippen LogP contribution < -0.4 is 10.5 Å². The zero-order chi connectivity index (χ0) is 15.5. The number of nitrogens with zero attached hydrogens (tertiary/aromatic N) is 2. The summed E-state index contributed by atoms with van der Waals surface area (Å²) in [6.07, 6.45) is 2.45.